The number of hydrazine groups is 1. The first-order chi connectivity index (χ1) is 13.8. The van der Waals surface area contributed by atoms with E-state index in [4.69, 9.17) is 0 Å². The summed E-state index contributed by atoms with van der Waals surface area (Å²) >= 11 is 0. The largest absolute Gasteiger partial charge is 0.416 e. The average molecular weight is 396 g/mol. The SMILES string of the molecule is O=C(NN1Cc2ccccc2C1=O)c1ccccc1-c1ccc(C(F)(F)F)cc1. The highest BCUT2D eigenvalue weighted by Gasteiger charge is 2.31. The van der Waals surface area contributed by atoms with Gasteiger partial charge in [0.1, 0.15) is 0 Å². The summed E-state index contributed by atoms with van der Waals surface area (Å²) in [6, 6.07) is 18.2. The third-order valence-electron chi connectivity index (χ3n) is 4.75. The Bertz CT molecular complexity index is 1090. The second-order valence-electron chi connectivity index (χ2n) is 6.61. The standard InChI is InChI=1S/C22H15F3N2O2/c23-22(24,25)16-11-9-14(10-12-16)17-6-3-4-8-19(17)20(28)26-27-13-15-5-1-2-7-18(15)21(27)29/h1-12H,13H2,(H,26,28). The van der Waals surface area contributed by atoms with Crippen molar-refractivity contribution in [2.75, 3.05) is 0 Å². The zero-order valence-corrected chi connectivity index (χ0v) is 15.0. The van der Waals surface area contributed by atoms with Gasteiger partial charge in [-0.15, -0.1) is 0 Å². The molecule has 3 aromatic rings. The van der Waals surface area contributed by atoms with Crippen LogP contribution in [0.25, 0.3) is 11.1 Å². The van der Waals surface area contributed by atoms with Crippen LogP contribution in [0.5, 0.6) is 0 Å². The minimum absolute atomic E-state index is 0.253. The second-order valence-corrected chi connectivity index (χ2v) is 6.61. The van der Waals surface area contributed by atoms with Gasteiger partial charge in [0.2, 0.25) is 0 Å². The molecule has 7 heteroatoms. The highest BCUT2D eigenvalue weighted by atomic mass is 19.4. The lowest BCUT2D eigenvalue weighted by Gasteiger charge is -2.18. The molecule has 29 heavy (non-hydrogen) atoms. The molecule has 0 saturated heterocycles. The smallest absolute Gasteiger partial charge is 0.267 e. The number of hydrogen-bond acceptors (Lipinski definition) is 2. The summed E-state index contributed by atoms with van der Waals surface area (Å²) in [7, 11) is 0. The molecule has 0 saturated carbocycles. The molecule has 0 atom stereocenters. The van der Waals surface area contributed by atoms with E-state index in [9.17, 15) is 22.8 Å². The molecule has 1 aliphatic heterocycles. The van der Waals surface area contributed by atoms with E-state index in [1.807, 2.05) is 12.1 Å². The van der Waals surface area contributed by atoms with Crippen molar-refractivity contribution in [3.8, 4) is 11.1 Å². The highest BCUT2D eigenvalue weighted by Crippen LogP contribution is 2.32. The Morgan fingerprint density at radius 1 is 0.862 bits per heavy atom. The lowest BCUT2D eigenvalue weighted by Crippen LogP contribution is -2.42. The fourth-order valence-electron chi connectivity index (χ4n) is 3.30. The van der Waals surface area contributed by atoms with Gasteiger partial charge in [-0.25, -0.2) is 5.01 Å². The number of rotatable bonds is 3. The van der Waals surface area contributed by atoms with E-state index in [2.05, 4.69) is 5.43 Å². The summed E-state index contributed by atoms with van der Waals surface area (Å²) in [5.74, 6) is -0.817. The van der Waals surface area contributed by atoms with Gasteiger partial charge in [0.05, 0.1) is 12.1 Å². The van der Waals surface area contributed by atoms with E-state index in [-0.39, 0.29) is 18.0 Å². The number of fused-ring (bicyclic) bond motifs is 1. The number of carbonyl (C=O) groups excluding carboxylic acids is 2. The number of carbonyl (C=O) groups is 2. The molecule has 1 aliphatic rings. The molecule has 3 aromatic carbocycles. The first kappa shape index (κ1) is 18.7. The number of alkyl halides is 3. The van der Waals surface area contributed by atoms with Gasteiger partial charge >= 0.3 is 6.18 Å². The Labute approximate surface area is 164 Å². The van der Waals surface area contributed by atoms with Gasteiger partial charge in [0, 0.05) is 11.1 Å². The minimum atomic E-state index is -4.43. The molecule has 0 spiro atoms. The molecular formula is C22H15F3N2O2. The van der Waals surface area contributed by atoms with Crippen LogP contribution in [0.15, 0.2) is 72.8 Å². The fraction of sp³-hybridized carbons (Fsp3) is 0.0909. The van der Waals surface area contributed by atoms with Crippen molar-refractivity contribution in [2.24, 2.45) is 0 Å². The predicted molar refractivity (Wildman–Crippen MR) is 101 cm³/mol. The van der Waals surface area contributed by atoms with Gasteiger partial charge in [0.25, 0.3) is 11.8 Å². The molecular weight excluding hydrogens is 381 g/mol. The molecule has 146 valence electrons. The van der Waals surface area contributed by atoms with Crippen molar-refractivity contribution < 1.29 is 22.8 Å². The summed E-state index contributed by atoms with van der Waals surface area (Å²) in [5.41, 5.74) is 4.39. The van der Waals surface area contributed by atoms with Gasteiger partial charge in [0.15, 0.2) is 0 Å². The van der Waals surface area contributed by atoms with Crippen LogP contribution >= 0.6 is 0 Å². The summed E-state index contributed by atoms with van der Waals surface area (Å²) in [6.07, 6.45) is -4.43. The van der Waals surface area contributed by atoms with E-state index < -0.39 is 17.6 Å². The Balaban J connectivity index is 1.59. The number of hydrogen-bond donors (Lipinski definition) is 1. The van der Waals surface area contributed by atoms with E-state index in [0.717, 1.165) is 17.7 Å². The molecule has 2 amide bonds. The highest BCUT2D eigenvalue weighted by molar-refractivity contribution is 6.04. The number of nitrogens with zero attached hydrogens (tertiary/aromatic N) is 1. The second kappa shape index (κ2) is 7.09. The maximum Gasteiger partial charge on any atom is 0.416 e. The average Bonchev–Trinajstić information content (AvgIpc) is 3.03. The molecule has 1 N–H and O–H groups in total. The van der Waals surface area contributed by atoms with Crippen LogP contribution in [-0.2, 0) is 12.7 Å². The summed E-state index contributed by atoms with van der Waals surface area (Å²) in [5, 5.41) is 1.23. The van der Waals surface area contributed by atoms with E-state index >= 15 is 0 Å². The fourth-order valence-corrected chi connectivity index (χ4v) is 3.30. The van der Waals surface area contributed by atoms with Crippen molar-refractivity contribution in [1.29, 1.82) is 0 Å². The first-order valence-electron chi connectivity index (χ1n) is 8.82. The van der Waals surface area contributed by atoms with Crippen LogP contribution in [0.4, 0.5) is 13.2 Å². The van der Waals surface area contributed by atoms with Crippen molar-refractivity contribution >= 4 is 11.8 Å². The molecule has 1 heterocycles. The molecule has 0 bridgehead atoms. The first-order valence-corrected chi connectivity index (χ1v) is 8.82. The van der Waals surface area contributed by atoms with Crippen molar-refractivity contribution in [3.05, 3.63) is 95.1 Å². The molecule has 4 rings (SSSR count). The molecule has 0 radical (unpaired) electrons. The topological polar surface area (TPSA) is 49.4 Å². The Hall–Kier alpha value is -3.61. The van der Waals surface area contributed by atoms with Gasteiger partial charge in [-0.05, 0) is 41.0 Å². The quantitative estimate of drug-likeness (QED) is 0.699. The Kier molecular flexibility index (Phi) is 4.58. The third kappa shape index (κ3) is 3.59. The molecule has 4 nitrogen and oxygen atoms in total. The Morgan fingerprint density at radius 2 is 1.48 bits per heavy atom. The van der Waals surface area contributed by atoms with Crippen molar-refractivity contribution in [1.82, 2.24) is 10.4 Å². The molecule has 0 aromatic heterocycles. The molecule has 0 unspecified atom stereocenters. The summed E-state index contributed by atoms with van der Waals surface area (Å²) < 4.78 is 38.4. The van der Waals surface area contributed by atoms with Crippen molar-refractivity contribution in [2.45, 2.75) is 12.7 Å². The van der Waals surface area contributed by atoms with Crippen LogP contribution in [0, 0.1) is 0 Å². The van der Waals surface area contributed by atoms with E-state index in [1.54, 1.807) is 36.4 Å². The number of benzene rings is 3. The van der Waals surface area contributed by atoms with Crippen LogP contribution in [0.1, 0.15) is 31.8 Å². The number of halogens is 3. The zero-order valence-electron chi connectivity index (χ0n) is 15.0. The van der Waals surface area contributed by atoms with Crippen LogP contribution in [0.3, 0.4) is 0 Å². The monoisotopic (exact) mass is 396 g/mol. The predicted octanol–water partition coefficient (Wildman–Crippen LogP) is 4.67. The van der Waals surface area contributed by atoms with E-state index in [0.29, 0.717) is 16.7 Å². The van der Waals surface area contributed by atoms with Crippen molar-refractivity contribution in [3.63, 3.8) is 0 Å². The van der Waals surface area contributed by atoms with Crippen LogP contribution in [-0.4, -0.2) is 16.8 Å². The lowest BCUT2D eigenvalue weighted by atomic mass is 9.98. The Morgan fingerprint density at radius 3 is 2.14 bits per heavy atom. The van der Waals surface area contributed by atoms with Gasteiger partial charge < -0.3 is 0 Å². The van der Waals surface area contributed by atoms with Crippen LogP contribution in [0.2, 0.25) is 0 Å². The van der Waals surface area contributed by atoms with Gasteiger partial charge in [-0.3, -0.25) is 15.0 Å². The third-order valence-corrected chi connectivity index (χ3v) is 4.75. The number of nitrogens with one attached hydrogen (secondary N) is 1. The maximum atomic E-state index is 12.8. The normalized spacial score (nSPS) is 13.3. The van der Waals surface area contributed by atoms with E-state index in [1.165, 1.54) is 17.1 Å². The number of amides is 2. The maximum absolute atomic E-state index is 12.8. The molecule has 0 aliphatic carbocycles. The van der Waals surface area contributed by atoms with Gasteiger partial charge in [-0.2, -0.15) is 13.2 Å². The summed E-state index contributed by atoms with van der Waals surface area (Å²) in [4.78, 5) is 25.3. The summed E-state index contributed by atoms with van der Waals surface area (Å²) in [6.45, 7) is 0.253. The lowest BCUT2D eigenvalue weighted by molar-refractivity contribution is -0.137. The van der Waals surface area contributed by atoms with Crippen LogP contribution < -0.4 is 5.43 Å². The molecule has 0 fully saturated rings. The minimum Gasteiger partial charge on any atom is -0.267 e. The van der Waals surface area contributed by atoms with Gasteiger partial charge in [-0.1, -0.05) is 48.5 Å². The zero-order chi connectivity index (χ0) is 20.6.